The van der Waals surface area contributed by atoms with Gasteiger partial charge in [-0.2, -0.15) is 4.31 Å². The molecular formula is C18H18F2N2O4S. The van der Waals surface area contributed by atoms with Crippen LogP contribution in [0.4, 0.5) is 8.78 Å². The van der Waals surface area contributed by atoms with Crippen molar-refractivity contribution in [2.45, 2.75) is 4.90 Å². The molecule has 0 aliphatic carbocycles. The highest BCUT2D eigenvalue weighted by Crippen LogP contribution is 2.21. The lowest BCUT2D eigenvalue weighted by molar-refractivity contribution is -0.134. The molecule has 0 unspecified atom stereocenters. The van der Waals surface area contributed by atoms with Crippen LogP contribution in [0, 0.1) is 11.6 Å². The number of carbonyl (C=O) groups excluding carboxylic acids is 1. The van der Waals surface area contributed by atoms with Crippen LogP contribution < -0.4 is 4.74 Å². The van der Waals surface area contributed by atoms with Crippen LogP contribution in [0.15, 0.2) is 53.4 Å². The summed E-state index contributed by atoms with van der Waals surface area (Å²) in [5.74, 6) is -1.55. The number of halogens is 2. The molecule has 0 N–H and O–H groups in total. The fourth-order valence-electron chi connectivity index (χ4n) is 2.74. The van der Waals surface area contributed by atoms with E-state index in [0.717, 1.165) is 16.4 Å². The van der Waals surface area contributed by atoms with Crippen molar-refractivity contribution in [1.82, 2.24) is 9.21 Å². The van der Waals surface area contributed by atoms with Crippen LogP contribution in [-0.2, 0) is 14.8 Å². The maximum atomic E-state index is 13.8. The van der Waals surface area contributed by atoms with Crippen LogP contribution in [0.25, 0.3) is 0 Å². The summed E-state index contributed by atoms with van der Waals surface area (Å²) in [5, 5.41) is 0. The molecule has 0 atom stereocenters. The number of para-hydroxylation sites is 1. The quantitative estimate of drug-likeness (QED) is 0.774. The number of piperazine rings is 1. The van der Waals surface area contributed by atoms with Gasteiger partial charge < -0.3 is 9.64 Å². The third-order valence-electron chi connectivity index (χ3n) is 4.21. The van der Waals surface area contributed by atoms with Crippen LogP contribution in [0.1, 0.15) is 0 Å². The van der Waals surface area contributed by atoms with E-state index in [1.807, 2.05) is 6.07 Å². The Hall–Kier alpha value is -2.52. The molecule has 0 spiro atoms. The summed E-state index contributed by atoms with van der Waals surface area (Å²) in [4.78, 5) is 13.0. The Kier molecular flexibility index (Phi) is 5.71. The second kappa shape index (κ2) is 8.01. The highest BCUT2D eigenvalue weighted by Gasteiger charge is 2.32. The Morgan fingerprint density at radius 3 is 2.33 bits per heavy atom. The van der Waals surface area contributed by atoms with E-state index in [9.17, 15) is 22.0 Å². The van der Waals surface area contributed by atoms with E-state index >= 15 is 0 Å². The molecule has 1 heterocycles. The Labute approximate surface area is 156 Å². The molecule has 2 aromatic rings. The third-order valence-corrected chi connectivity index (χ3v) is 6.12. The second-order valence-corrected chi connectivity index (χ2v) is 7.87. The van der Waals surface area contributed by atoms with E-state index in [-0.39, 0.29) is 38.7 Å². The number of hydrogen-bond donors (Lipinski definition) is 0. The minimum atomic E-state index is -4.17. The van der Waals surface area contributed by atoms with Gasteiger partial charge in [0.05, 0.1) is 0 Å². The zero-order valence-electron chi connectivity index (χ0n) is 14.3. The number of ether oxygens (including phenoxy) is 1. The van der Waals surface area contributed by atoms with Crippen LogP contribution in [0.5, 0.6) is 5.75 Å². The van der Waals surface area contributed by atoms with E-state index < -0.39 is 26.6 Å². The SMILES string of the molecule is O=C(COc1ccccc1)N1CCN(S(=O)(=O)c2cc(F)ccc2F)CC1. The van der Waals surface area contributed by atoms with Gasteiger partial charge in [-0.05, 0) is 30.3 Å². The molecule has 0 radical (unpaired) electrons. The molecule has 144 valence electrons. The van der Waals surface area contributed by atoms with Gasteiger partial charge in [-0.15, -0.1) is 0 Å². The van der Waals surface area contributed by atoms with Crippen molar-refractivity contribution >= 4 is 15.9 Å². The van der Waals surface area contributed by atoms with Crippen molar-refractivity contribution in [3.8, 4) is 5.75 Å². The first kappa shape index (κ1) is 19.2. The highest BCUT2D eigenvalue weighted by molar-refractivity contribution is 7.89. The van der Waals surface area contributed by atoms with Crippen LogP contribution in [0.3, 0.4) is 0 Å². The van der Waals surface area contributed by atoms with Gasteiger partial charge in [0.25, 0.3) is 5.91 Å². The van der Waals surface area contributed by atoms with Crippen molar-refractivity contribution in [3.63, 3.8) is 0 Å². The van der Waals surface area contributed by atoms with Gasteiger partial charge >= 0.3 is 0 Å². The van der Waals surface area contributed by atoms with Gasteiger partial charge in [-0.25, -0.2) is 17.2 Å². The van der Waals surface area contributed by atoms with Crippen molar-refractivity contribution in [3.05, 3.63) is 60.2 Å². The smallest absolute Gasteiger partial charge is 0.260 e. The van der Waals surface area contributed by atoms with Crippen LogP contribution in [0.2, 0.25) is 0 Å². The predicted octanol–water partition coefficient (Wildman–Crippen LogP) is 1.88. The normalized spacial score (nSPS) is 15.6. The summed E-state index contributed by atoms with van der Waals surface area (Å²) in [6.07, 6.45) is 0. The van der Waals surface area contributed by atoms with Crippen LogP contribution in [-0.4, -0.2) is 56.3 Å². The Bertz CT molecular complexity index is 914. The first-order valence-corrected chi connectivity index (χ1v) is 9.73. The molecule has 27 heavy (non-hydrogen) atoms. The van der Waals surface area contributed by atoms with E-state index in [1.165, 1.54) is 4.90 Å². The maximum Gasteiger partial charge on any atom is 0.260 e. The summed E-state index contributed by atoms with van der Waals surface area (Å²) < 4.78 is 58.7. The van der Waals surface area contributed by atoms with E-state index in [0.29, 0.717) is 11.8 Å². The minimum absolute atomic E-state index is 0.00460. The number of sulfonamides is 1. The molecule has 9 heteroatoms. The fourth-order valence-corrected chi connectivity index (χ4v) is 4.24. The molecule has 1 amide bonds. The number of rotatable bonds is 5. The number of amides is 1. The average molecular weight is 396 g/mol. The second-order valence-electron chi connectivity index (χ2n) is 5.96. The van der Waals surface area contributed by atoms with Gasteiger partial charge in [0, 0.05) is 26.2 Å². The minimum Gasteiger partial charge on any atom is -0.484 e. The Morgan fingerprint density at radius 1 is 1.00 bits per heavy atom. The van der Waals surface area contributed by atoms with E-state index in [4.69, 9.17) is 4.74 Å². The monoisotopic (exact) mass is 396 g/mol. The summed E-state index contributed by atoms with van der Waals surface area (Å²) in [6.45, 7) is 0.125. The largest absolute Gasteiger partial charge is 0.484 e. The van der Waals surface area contributed by atoms with E-state index in [1.54, 1.807) is 24.3 Å². The Morgan fingerprint density at radius 2 is 1.67 bits per heavy atom. The maximum absolute atomic E-state index is 13.8. The molecule has 0 bridgehead atoms. The highest BCUT2D eigenvalue weighted by atomic mass is 32.2. The molecule has 3 rings (SSSR count). The first-order valence-electron chi connectivity index (χ1n) is 8.29. The molecule has 1 aliphatic rings. The topological polar surface area (TPSA) is 66.9 Å². The van der Waals surface area contributed by atoms with Crippen LogP contribution >= 0.6 is 0 Å². The lowest BCUT2D eigenvalue weighted by atomic mass is 10.3. The molecule has 1 saturated heterocycles. The number of carbonyl (C=O) groups is 1. The van der Waals surface area contributed by atoms with Crippen molar-refractivity contribution in [1.29, 1.82) is 0 Å². The number of nitrogens with zero attached hydrogens (tertiary/aromatic N) is 2. The zero-order chi connectivity index (χ0) is 19.4. The average Bonchev–Trinajstić information content (AvgIpc) is 2.68. The zero-order valence-corrected chi connectivity index (χ0v) is 15.2. The van der Waals surface area contributed by atoms with Gasteiger partial charge in [0.2, 0.25) is 10.0 Å². The van der Waals surface area contributed by atoms with Gasteiger partial charge in [-0.3, -0.25) is 4.79 Å². The van der Waals surface area contributed by atoms with Crippen molar-refractivity contribution in [2.24, 2.45) is 0 Å². The molecule has 0 saturated carbocycles. The lowest BCUT2D eigenvalue weighted by Crippen LogP contribution is -2.51. The molecule has 2 aromatic carbocycles. The van der Waals surface area contributed by atoms with Gasteiger partial charge in [-0.1, -0.05) is 18.2 Å². The van der Waals surface area contributed by atoms with Gasteiger partial charge in [0.15, 0.2) is 6.61 Å². The van der Waals surface area contributed by atoms with Gasteiger partial charge in [0.1, 0.15) is 22.3 Å². The van der Waals surface area contributed by atoms with E-state index in [2.05, 4.69) is 0 Å². The summed E-state index contributed by atoms with van der Waals surface area (Å²) in [6, 6.07) is 11.2. The molecular weight excluding hydrogens is 378 g/mol. The molecule has 6 nitrogen and oxygen atoms in total. The summed E-state index contributed by atoms with van der Waals surface area (Å²) >= 11 is 0. The molecule has 1 aliphatic heterocycles. The first-order chi connectivity index (χ1) is 12.9. The molecule has 0 aromatic heterocycles. The van der Waals surface area contributed by atoms with Crippen molar-refractivity contribution in [2.75, 3.05) is 32.8 Å². The number of hydrogen-bond acceptors (Lipinski definition) is 4. The predicted molar refractivity (Wildman–Crippen MR) is 93.6 cm³/mol. The molecule has 1 fully saturated rings. The summed E-state index contributed by atoms with van der Waals surface area (Å²) in [7, 11) is -4.17. The summed E-state index contributed by atoms with van der Waals surface area (Å²) in [5.41, 5.74) is 0. The Balaban J connectivity index is 1.59. The lowest BCUT2D eigenvalue weighted by Gasteiger charge is -2.34. The standard InChI is InChI=1S/C18H18F2N2O4S/c19-14-6-7-16(20)17(12-14)27(24,25)22-10-8-21(9-11-22)18(23)13-26-15-4-2-1-3-5-15/h1-7,12H,8-11,13H2. The van der Waals surface area contributed by atoms with Crippen molar-refractivity contribution < 1.29 is 26.7 Å². The fraction of sp³-hybridized carbons (Fsp3) is 0.278. The third kappa shape index (κ3) is 4.42. The number of benzene rings is 2.